The fourth-order valence-corrected chi connectivity index (χ4v) is 4.61. The smallest absolute Gasteiger partial charge is 0.412 e. The molecule has 2 rings (SSSR count). The van der Waals surface area contributed by atoms with Gasteiger partial charge in [-0.15, -0.1) is 0 Å². The lowest BCUT2D eigenvalue weighted by Gasteiger charge is -2.35. The number of hydrogen-bond donors (Lipinski definition) is 1. The first-order chi connectivity index (χ1) is 16.7. The Bertz CT molecular complexity index is 878. The van der Waals surface area contributed by atoms with Gasteiger partial charge in [0.05, 0.1) is 25.2 Å². The number of nitrogens with one attached hydrogen (secondary N) is 1. The third kappa shape index (κ3) is 8.50. The first-order valence-electron chi connectivity index (χ1n) is 12.9. The third-order valence-electron chi connectivity index (χ3n) is 6.22. The molecule has 1 N–H and O–H groups in total. The summed E-state index contributed by atoms with van der Waals surface area (Å²) >= 11 is 0. The monoisotopic (exact) mass is 504 g/mol. The van der Waals surface area contributed by atoms with Gasteiger partial charge in [0.25, 0.3) is 0 Å². The van der Waals surface area contributed by atoms with Crippen LogP contribution in [0.25, 0.3) is 0 Å². The highest BCUT2D eigenvalue weighted by Crippen LogP contribution is 2.38. The Hall–Kier alpha value is -2.61. The number of ether oxygens (including phenoxy) is 3. The van der Waals surface area contributed by atoms with Crippen LogP contribution in [-0.4, -0.2) is 59.5 Å². The fraction of sp³-hybridized carbons (Fsp3) is 0.679. The number of esters is 1. The molecule has 1 aliphatic rings. The van der Waals surface area contributed by atoms with Gasteiger partial charge >= 0.3 is 12.1 Å². The van der Waals surface area contributed by atoms with Gasteiger partial charge in [-0.05, 0) is 65.9 Å². The SMILES string of the molecule is CCOC(=O)CCNC(=O)[C@@H](C[C@@H]1OC(C)(C)N(C(=O)OC(C)(C)C)[C@H]1Cc1ccccc1)C(C)C. The topological polar surface area (TPSA) is 94.2 Å². The maximum absolute atomic E-state index is 13.3. The largest absolute Gasteiger partial charge is 0.466 e. The van der Waals surface area contributed by atoms with Crippen molar-refractivity contribution < 1.29 is 28.6 Å². The van der Waals surface area contributed by atoms with E-state index in [1.807, 2.05) is 78.8 Å². The molecule has 0 bridgehead atoms. The lowest BCUT2D eigenvalue weighted by Crippen LogP contribution is -2.51. The number of rotatable bonds is 10. The molecule has 202 valence electrons. The van der Waals surface area contributed by atoms with Crippen LogP contribution in [-0.2, 0) is 30.2 Å². The van der Waals surface area contributed by atoms with Crippen LogP contribution >= 0.6 is 0 Å². The molecule has 0 saturated carbocycles. The molecule has 0 unspecified atom stereocenters. The average molecular weight is 505 g/mol. The van der Waals surface area contributed by atoms with E-state index in [0.29, 0.717) is 19.4 Å². The molecule has 3 atom stereocenters. The van der Waals surface area contributed by atoms with Crippen LogP contribution in [0.4, 0.5) is 4.79 Å². The number of carbonyl (C=O) groups excluding carboxylic acids is 3. The molecular weight excluding hydrogens is 460 g/mol. The van der Waals surface area contributed by atoms with Crippen molar-refractivity contribution in [3.05, 3.63) is 35.9 Å². The van der Waals surface area contributed by atoms with Crippen molar-refractivity contribution in [2.24, 2.45) is 11.8 Å². The molecule has 1 aromatic carbocycles. The average Bonchev–Trinajstić information content (AvgIpc) is 3.00. The van der Waals surface area contributed by atoms with Crippen molar-refractivity contribution >= 4 is 18.0 Å². The van der Waals surface area contributed by atoms with Gasteiger partial charge in [0.1, 0.15) is 11.3 Å². The van der Waals surface area contributed by atoms with Gasteiger partial charge in [-0.1, -0.05) is 44.2 Å². The van der Waals surface area contributed by atoms with Crippen LogP contribution in [0.3, 0.4) is 0 Å². The second-order valence-electron chi connectivity index (χ2n) is 11.1. The van der Waals surface area contributed by atoms with E-state index in [-0.39, 0.29) is 48.8 Å². The zero-order valence-corrected chi connectivity index (χ0v) is 23.1. The van der Waals surface area contributed by atoms with E-state index in [4.69, 9.17) is 14.2 Å². The van der Waals surface area contributed by atoms with Crippen molar-refractivity contribution in [1.29, 1.82) is 0 Å². The molecule has 1 aromatic rings. The summed E-state index contributed by atoms with van der Waals surface area (Å²) in [6, 6.07) is 9.63. The summed E-state index contributed by atoms with van der Waals surface area (Å²) in [6.45, 7) is 15.5. The number of nitrogens with zero attached hydrogens (tertiary/aromatic N) is 1. The van der Waals surface area contributed by atoms with E-state index in [2.05, 4.69) is 5.32 Å². The maximum Gasteiger partial charge on any atom is 0.412 e. The van der Waals surface area contributed by atoms with Gasteiger partial charge < -0.3 is 19.5 Å². The zero-order valence-electron chi connectivity index (χ0n) is 23.1. The summed E-state index contributed by atoms with van der Waals surface area (Å²) in [5.41, 5.74) is -0.488. The summed E-state index contributed by atoms with van der Waals surface area (Å²) in [7, 11) is 0. The lowest BCUT2D eigenvalue weighted by molar-refractivity contribution is -0.143. The minimum atomic E-state index is -0.908. The quantitative estimate of drug-likeness (QED) is 0.464. The zero-order chi connectivity index (χ0) is 27.1. The van der Waals surface area contributed by atoms with Gasteiger partial charge in [-0.25, -0.2) is 4.79 Å². The van der Waals surface area contributed by atoms with Crippen LogP contribution in [0.15, 0.2) is 30.3 Å². The molecule has 1 saturated heterocycles. The molecule has 0 aliphatic carbocycles. The Balaban J connectivity index is 2.26. The molecule has 0 aromatic heterocycles. The minimum absolute atomic E-state index is 0.0345. The first kappa shape index (κ1) is 29.6. The van der Waals surface area contributed by atoms with Gasteiger partial charge in [-0.3, -0.25) is 14.5 Å². The van der Waals surface area contributed by atoms with E-state index in [1.54, 1.807) is 11.8 Å². The van der Waals surface area contributed by atoms with Gasteiger partial charge in [-0.2, -0.15) is 0 Å². The van der Waals surface area contributed by atoms with Crippen molar-refractivity contribution in [1.82, 2.24) is 10.2 Å². The number of amides is 2. The Kier molecular flexibility index (Phi) is 10.3. The summed E-state index contributed by atoms with van der Waals surface area (Å²) in [5, 5.41) is 2.88. The molecule has 1 aliphatic heterocycles. The van der Waals surface area contributed by atoms with Crippen LogP contribution in [0.2, 0.25) is 0 Å². The van der Waals surface area contributed by atoms with E-state index in [9.17, 15) is 14.4 Å². The maximum atomic E-state index is 13.3. The summed E-state index contributed by atoms with van der Waals surface area (Å²) in [6.07, 6.45) is 0.319. The number of benzene rings is 1. The molecule has 2 amide bonds. The van der Waals surface area contributed by atoms with Gasteiger partial charge in [0.15, 0.2) is 0 Å². The Morgan fingerprint density at radius 2 is 1.78 bits per heavy atom. The summed E-state index contributed by atoms with van der Waals surface area (Å²) in [4.78, 5) is 39.8. The van der Waals surface area contributed by atoms with Crippen LogP contribution in [0.1, 0.15) is 73.8 Å². The third-order valence-corrected chi connectivity index (χ3v) is 6.22. The molecule has 1 heterocycles. The molecular formula is C28H44N2O6. The Labute approximate surface area is 216 Å². The summed E-state index contributed by atoms with van der Waals surface area (Å²) < 4.78 is 17.2. The highest BCUT2D eigenvalue weighted by atomic mass is 16.6. The number of hydrogen-bond acceptors (Lipinski definition) is 6. The van der Waals surface area contributed by atoms with E-state index in [1.165, 1.54) is 0 Å². The number of carbonyl (C=O) groups is 3. The molecule has 36 heavy (non-hydrogen) atoms. The molecule has 8 nitrogen and oxygen atoms in total. The van der Waals surface area contributed by atoms with E-state index >= 15 is 0 Å². The van der Waals surface area contributed by atoms with Crippen molar-refractivity contribution in [3.8, 4) is 0 Å². The second-order valence-corrected chi connectivity index (χ2v) is 11.1. The van der Waals surface area contributed by atoms with Gasteiger partial charge in [0.2, 0.25) is 5.91 Å². The van der Waals surface area contributed by atoms with Crippen molar-refractivity contribution in [2.75, 3.05) is 13.2 Å². The molecule has 0 spiro atoms. The second kappa shape index (κ2) is 12.6. The Morgan fingerprint density at radius 3 is 2.33 bits per heavy atom. The highest BCUT2D eigenvalue weighted by Gasteiger charge is 2.52. The first-order valence-corrected chi connectivity index (χ1v) is 12.9. The standard InChI is InChI=1S/C28H44N2O6/c1-9-34-24(31)15-16-29-25(32)21(19(2)3)18-23-22(17-20-13-11-10-12-14-20)30(28(7,8)35-23)26(33)36-27(4,5)6/h10-14,19,21-23H,9,15-18H2,1-8H3,(H,29,32)/t21-,22-,23-/m0/s1. The van der Waals surface area contributed by atoms with E-state index in [0.717, 1.165) is 5.56 Å². The van der Waals surface area contributed by atoms with E-state index < -0.39 is 17.4 Å². The minimum Gasteiger partial charge on any atom is -0.466 e. The van der Waals surface area contributed by atoms with Crippen molar-refractivity contribution in [2.45, 2.75) is 98.1 Å². The van der Waals surface area contributed by atoms with Crippen LogP contribution in [0, 0.1) is 11.8 Å². The molecule has 0 radical (unpaired) electrons. The van der Waals surface area contributed by atoms with Crippen molar-refractivity contribution in [3.63, 3.8) is 0 Å². The predicted molar refractivity (Wildman–Crippen MR) is 138 cm³/mol. The fourth-order valence-electron chi connectivity index (χ4n) is 4.61. The highest BCUT2D eigenvalue weighted by molar-refractivity contribution is 5.79. The molecule has 1 fully saturated rings. The lowest BCUT2D eigenvalue weighted by atomic mass is 9.86. The predicted octanol–water partition coefficient (Wildman–Crippen LogP) is 4.70. The van der Waals surface area contributed by atoms with Crippen LogP contribution < -0.4 is 5.32 Å². The Morgan fingerprint density at radius 1 is 1.14 bits per heavy atom. The normalized spacial score (nSPS) is 20.2. The van der Waals surface area contributed by atoms with Gasteiger partial charge in [0, 0.05) is 12.5 Å². The summed E-state index contributed by atoms with van der Waals surface area (Å²) in [5.74, 6) is -0.794. The van der Waals surface area contributed by atoms with Crippen LogP contribution in [0.5, 0.6) is 0 Å². The molecule has 8 heteroatoms.